The van der Waals surface area contributed by atoms with Crippen LogP contribution in [0.1, 0.15) is 5.69 Å². The van der Waals surface area contributed by atoms with Gasteiger partial charge in [-0.2, -0.15) is 5.10 Å². The van der Waals surface area contributed by atoms with Crippen molar-refractivity contribution in [3.63, 3.8) is 0 Å². The van der Waals surface area contributed by atoms with Crippen LogP contribution in [0.4, 0.5) is 0 Å². The SMILES string of the molecule is Cn1nccc1Cn1c(SCC(=O)O)nc2ccccc21. The topological polar surface area (TPSA) is 72.9 Å². The van der Waals surface area contributed by atoms with E-state index in [1.54, 1.807) is 10.9 Å². The van der Waals surface area contributed by atoms with Gasteiger partial charge >= 0.3 is 5.97 Å². The quantitative estimate of drug-likeness (QED) is 0.730. The molecule has 1 aromatic carbocycles. The van der Waals surface area contributed by atoms with Crippen molar-refractivity contribution >= 4 is 28.8 Å². The number of hydrogen-bond acceptors (Lipinski definition) is 4. The third-order valence-corrected chi connectivity index (χ3v) is 4.15. The molecule has 0 fully saturated rings. The lowest BCUT2D eigenvalue weighted by atomic mass is 10.3. The second-order valence-electron chi connectivity index (χ2n) is 4.60. The number of carboxylic acid groups (broad SMARTS) is 1. The number of benzene rings is 1. The summed E-state index contributed by atoms with van der Waals surface area (Å²) in [7, 11) is 1.89. The Morgan fingerprint density at radius 1 is 1.33 bits per heavy atom. The summed E-state index contributed by atoms with van der Waals surface area (Å²) >= 11 is 1.23. The predicted octanol–water partition coefficient (Wildman–Crippen LogP) is 1.99. The van der Waals surface area contributed by atoms with Gasteiger partial charge in [0.2, 0.25) is 0 Å². The van der Waals surface area contributed by atoms with E-state index in [0.29, 0.717) is 11.7 Å². The van der Waals surface area contributed by atoms with E-state index < -0.39 is 5.97 Å². The van der Waals surface area contributed by atoms with Gasteiger partial charge in [0.15, 0.2) is 5.16 Å². The van der Waals surface area contributed by atoms with E-state index >= 15 is 0 Å². The number of carboxylic acids is 1. The molecular formula is C14H14N4O2S. The van der Waals surface area contributed by atoms with Crippen molar-refractivity contribution in [3.05, 3.63) is 42.2 Å². The molecule has 0 aliphatic rings. The molecule has 0 unspecified atom stereocenters. The summed E-state index contributed by atoms with van der Waals surface area (Å²) < 4.78 is 3.83. The maximum absolute atomic E-state index is 10.8. The zero-order valence-corrected chi connectivity index (χ0v) is 12.2. The largest absolute Gasteiger partial charge is 0.481 e. The highest BCUT2D eigenvalue weighted by atomic mass is 32.2. The Balaban J connectivity index is 2.02. The number of carbonyl (C=O) groups is 1. The highest BCUT2D eigenvalue weighted by Crippen LogP contribution is 2.25. The lowest BCUT2D eigenvalue weighted by Gasteiger charge is -2.08. The summed E-state index contributed by atoms with van der Waals surface area (Å²) in [5.74, 6) is -0.853. The fourth-order valence-corrected chi connectivity index (χ4v) is 2.90. The lowest BCUT2D eigenvalue weighted by Crippen LogP contribution is -2.08. The van der Waals surface area contributed by atoms with E-state index in [-0.39, 0.29) is 5.75 Å². The number of aryl methyl sites for hydroxylation is 1. The van der Waals surface area contributed by atoms with E-state index in [0.717, 1.165) is 16.7 Å². The molecule has 3 rings (SSSR count). The molecule has 0 aliphatic heterocycles. The molecule has 6 nitrogen and oxygen atoms in total. The van der Waals surface area contributed by atoms with Crippen molar-refractivity contribution < 1.29 is 9.90 Å². The number of fused-ring (bicyclic) bond motifs is 1. The molecule has 0 bridgehead atoms. The van der Waals surface area contributed by atoms with Gasteiger partial charge in [0.05, 0.1) is 29.0 Å². The highest BCUT2D eigenvalue weighted by molar-refractivity contribution is 7.99. The molecule has 0 atom stereocenters. The maximum atomic E-state index is 10.8. The number of rotatable bonds is 5. The second kappa shape index (κ2) is 5.61. The van der Waals surface area contributed by atoms with Crippen molar-refractivity contribution in [2.45, 2.75) is 11.7 Å². The molecule has 108 valence electrons. The summed E-state index contributed by atoms with van der Waals surface area (Å²) in [5, 5.41) is 13.7. The van der Waals surface area contributed by atoms with Crippen LogP contribution in [0.25, 0.3) is 11.0 Å². The highest BCUT2D eigenvalue weighted by Gasteiger charge is 2.13. The Morgan fingerprint density at radius 2 is 2.14 bits per heavy atom. The molecule has 0 spiro atoms. The average molecular weight is 302 g/mol. The van der Waals surface area contributed by atoms with Crippen LogP contribution < -0.4 is 0 Å². The molecular weight excluding hydrogens is 288 g/mol. The summed E-state index contributed by atoms with van der Waals surface area (Å²) in [6, 6.07) is 9.74. The molecule has 0 saturated heterocycles. The van der Waals surface area contributed by atoms with Crippen molar-refractivity contribution in [2.24, 2.45) is 7.05 Å². The van der Waals surface area contributed by atoms with Crippen LogP contribution in [0.2, 0.25) is 0 Å². The number of thioether (sulfide) groups is 1. The van der Waals surface area contributed by atoms with Crippen molar-refractivity contribution in [1.29, 1.82) is 0 Å². The third-order valence-electron chi connectivity index (χ3n) is 3.19. The van der Waals surface area contributed by atoms with Gasteiger partial charge in [-0.15, -0.1) is 0 Å². The second-order valence-corrected chi connectivity index (χ2v) is 5.54. The molecule has 3 aromatic rings. The Kier molecular flexibility index (Phi) is 3.66. The van der Waals surface area contributed by atoms with Gasteiger partial charge in [-0.1, -0.05) is 23.9 Å². The van der Waals surface area contributed by atoms with Gasteiger partial charge in [0.1, 0.15) is 0 Å². The first kappa shape index (κ1) is 13.7. The molecule has 0 radical (unpaired) electrons. The maximum Gasteiger partial charge on any atom is 0.313 e. The zero-order chi connectivity index (χ0) is 14.8. The first-order valence-corrected chi connectivity index (χ1v) is 7.40. The van der Waals surface area contributed by atoms with Gasteiger partial charge < -0.3 is 9.67 Å². The summed E-state index contributed by atoms with van der Waals surface area (Å²) in [6.45, 7) is 0.610. The standard InChI is InChI=1S/C14H14N4O2S/c1-17-10(6-7-15-17)8-18-12-5-3-2-4-11(12)16-14(18)21-9-13(19)20/h2-7H,8-9H2,1H3,(H,19,20). The molecule has 7 heteroatoms. The first-order chi connectivity index (χ1) is 10.1. The van der Waals surface area contributed by atoms with Crippen LogP contribution in [-0.2, 0) is 18.4 Å². The minimum absolute atomic E-state index is 0.00525. The number of aromatic nitrogens is 4. The van der Waals surface area contributed by atoms with Crippen LogP contribution in [0.5, 0.6) is 0 Å². The zero-order valence-electron chi connectivity index (χ0n) is 11.4. The smallest absolute Gasteiger partial charge is 0.313 e. The minimum Gasteiger partial charge on any atom is -0.481 e. The van der Waals surface area contributed by atoms with E-state index in [1.165, 1.54) is 11.8 Å². The number of para-hydroxylation sites is 2. The molecule has 2 aromatic heterocycles. The summed E-state index contributed by atoms with van der Waals surface area (Å²) in [5.41, 5.74) is 2.90. The van der Waals surface area contributed by atoms with Crippen LogP contribution in [-0.4, -0.2) is 36.2 Å². The Labute approximate surface area is 125 Å². The van der Waals surface area contributed by atoms with Crippen molar-refractivity contribution in [2.75, 3.05) is 5.75 Å². The van der Waals surface area contributed by atoms with Crippen LogP contribution in [0.3, 0.4) is 0 Å². The fourth-order valence-electron chi connectivity index (χ4n) is 2.16. The third kappa shape index (κ3) is 2.78. The van der Waals surface area contributed by atoms with Crippen molar-refractivity contribution in [3.8, 4) is 0 Å². The Bertz CT molecular complexity index is 793. The fraction of sp³-hybridized carbons (Fsp3) is 0.214. The number of hydrogen-bond donors (Lipinski definition) is 1. The molecule has 0 amide bonds. The normalized spacial score (nSPS) is 11.1. The van der Waals surface area contributed by atoms with Gasteiger partial charge in [0, 0.05) is 13.2 Å². The summed E-state index contributed by atoms with van der Waals surface area (Å²) in [6.07, 6.45) is 1.75. The van der Waals surface area contributed by atoms with Crippen LogP contribution >= 0.6 is 11.8 Å². The first-order valence-electron chi connectivity index (χ1n) is 6.42. The van der Waals surface area contributed by atoms with Gasteiger partial charge in [-0.3, -0.25) is 9.48 Å². The Morgan fingerprint density at radius 3 is 2.86 bits per heavy atom. The van der Waals surface area contributed by atoms with E-state index in [2.05, 4.69) is 10.1 Å². The number of imidazole rings is 1. The monoisotopic (exact) mass is 302 g/mol. The predicted molar refractivity (Wildman–Crippen MR) is 80.4 cm³/mol. The summed E-state index contributed by atoms with van der Waals surface area (Å²) in [4.78, 5) is 15.3. The number of nitrogens with zero attached hydrogens (tertiary/aromatic N) is 4. The van der Waals surface area contributed by atoms with Gasteiger partial charge in [-0.05, 0) is 18.2 Å². The van der Waals surface area contributed by atoms with Crippen LogP contribution in [0, 0.1) is 0 Å². The molecule has 0 saturated carbocycles. The molecule has 21 heavy (non-hydrogen) atoms. The Hall–Kier alpha value is -2.28. The van der Waals surface area contributed by atoms with E-state index in [4.69, 9.17) is 5.11 Å². The van der Waals surface area contributed by atoms with E-state index in [9.17, 15) is 4.79 Å². The molecule has 1 N–H and O–H groups in total. The van der Waals surface area contributed by atoms with Crippen molar-refractivity contribution in [1.82, 2.24) is 19.3 Å². The van der Waals surface area contributed by atoms with E-state index in [1.807, 2.05) is 41.9 Å². The van der Waals surface area contributed by atoms with Gasteiger partial charge in [-0.25, -0.2) is 4.98 Å². The number of aliphatic carboxylic acids is 1. The average Bonchev–Trinajstić information content (AvgIpc) is 3.02. The molecule has 2 heterocycles. The van der Waals surface area contributed by atoms with Crippen LogP contribution in [0.15, 0.2) is 41.7 Å². The lowest BCUT2D eigenvalue weighted by molar-refractivity contribution is -0.133. The molecule has 0 aliphatic carbocycles. The van der Waals surface area contributed by atoms with Gasteiger partial charge in [0.25, 0.3) is 0 Å². The minimum atomic E-state index is -0.848.